The molecule has 0 aromatic rings. The van der Waals surface area contributed by atoms with Gasteiger partial charge in [-0.25, -0.2) is 4.79 Å². The number of hydrogen-bond donors (Lipinski definition) is 0. The van der Waals surface area contributed by atoms with Crippen LogP contribution in [0.5, 0.6) is 0 Å². The second-order valence-electron chi connectivity index (χ2n) is 4.02. The Morgan fingerprint density at radius 2 is 2.40 bits per heavy atom. The third kappa shape index (κ3) is 3.47. The van der Waals surface area contributed by atoms with Gasteiger partial charge in [0.1, 0.15) is 0 Å². The van der Waals surface area contributed by atoms with E-state index in [1.807, 2.05) is 0 Å². The molecule has 1 rings (SSSR count). The van der Waals surface area contributed by atoms with E-state index in [1.165, 1.54) is 13.5 Å². The summed E-state index contributed by atoms with van der Waals surface area (Å²) in [4.78, 5) is 13.6. The summed E-state index contributed by atoms with van der Waals surface area (Å²) in [5.41, 5.74) is 0. The summed E-state index contributed by atoms with van der Waals surface area (Å²) in [6, 6.07) is 0.519. The minimum atomic E-state index is -0.400. The molecule has 0 aromatic carbocycles. The smallest absolute Gasteiger partial charge is 0.336 e. The van der Waals surface area contributed by atoms with Gasteiger partial charge in [-0.2, -0.15) is 0 Å². The van der Waals surface area contributed by atoms with Crippen LogP contribution in [0, 0.1) is 0 Å². The number of carbonyl (C=O) groups excluding carboxylic acids is 1. The third-order valence-corrected chi connectivity index (χ3v) is 2.89. The second kappa shape index (κ2) is 6.08. The fourth-order valence-corrected chi connectivity index (χ4v) is 1.94. The lowest BCUT2D eigenvalue weighted by atomic mass is 10.1. The van der Waals surface area contributed by atoms with Gasteiger partial charge < -0.3 is 9.47 Å². The van der Waals surface area contributed by atoms with Crippen LogP contribution in [0.15, 0.2) is 0 Å². The Morgan fingerprint density at radius 1 is 1.67 bits per heavy atom. The van der Waals surface area contributed by atoms with Gasteiger partial charge in [-0.05, 0) is 13.3 Å². The Labute approximate surface area is 91.5 Å². The van der Waals surface area contributed by atoms with Crippen LogP contribution in [0.4, 0.5) is 0 Å². The van der Waals surface area contributed by atoms with E-state index in [9.17, 15) is 4.79 Å². The summed E-state index contributed by atoms with van der Waals surface area (Å²) < 4.78 is 10.1. The minimum absolute atomic E-state index is 0.261. The van der Waals surface area contributed by atoms with Gasteiger partial charge in [0.25, 0.3) is 0 Å². The van der Waals surface area contributed by atoms with Crippen molar-refractivity contribution in [2.24, 2.45) is 0 Å². The normalized spacial score (nSPS) is 24.9. The highest BCUT2D eigenvalue weighted by Crippen LogP contribution is 2.13. The number of methoxy groups -OCH3 is 1. The first-order valence-corrected chi connectivity index (χ1v) is 5.62. The molecule has 0 radical (unpaired) electrons. The van der Waals surface area contributed by atoms with Gasteiger partial charge in [0.2, 0.25) is 0 Å². The molecule has 2 unspecified atom stereocenters. The Balaban J connectivity index is 2.44. The highest BCUT2D eigenvalue weighted by molar-refractivity contribution is 5.74. The van der Waals surface area contributed by atoms with Crippen molar-refractivity contribution in [2.45, 2.75) is 38.8 Å². The highest BCUT2D eigenvalue weighted by atomic mass is 16.6. The van der Waals surface area contributed by atoms with E-state index >= 15 is 0 Å². The number of ether oxygens (including phenoxy) is 2. The van der Waals surface area contributed by atoms with E-state index in [4.69, 9.17) is 4.74 Å². The van der Waals surface area contributed by atoms with Gasteiger partial charge in [0.05, 0.1) is 13.7 Å². The number of hydrogen-bond acceptors (Lipinski definition) is 4. The lowest BCUT2D eigenvalue weighted by Gasteiger charge is -2.35. The molecule has 1 heterocycles. The fraction of sp³-hybridized carbons (Fsp3) is 0.909. The average Bonchev–Trinajstić information content (AvgIpc) is 2.28. The van der Waals surface area contributed by atoms with E-state index in [0.717, 1.165) is 13.0 Å². The van der Waals surface area contributed by atoms with Crippen molar-refractivity contribution >= 4 is 5.97 Å². The Bertz CT molecular complexity index is 208. The molecule has 15 heavy (non-hydrogen) atoms. The summed E-state index contributed by atoms with van der Waals surface area (Å²) >= 11 is 0. The highest BCUT2D eigenvalue weighted by Gasteiger charge is 2.29. The van der Waals surface area contributed by atoms with Gasteiger partial charge in [0, 0.05) is 19.1 Å². The van der Waals surface area contributed by atoms with Crippen LogP contribution in [-0.4, -0.2) is 49.8 Å². The second-order valence-corrected chi connectivity index (χ2v) is 4.02. The molecule has 0 aromatic heterocycles. The zero-order valence-corrected chi connectivity index (χ0v) is 9.86. The van der Waals surface area contributed by atoms with Crippen molar-refractivity contribution in [1.29, 1.82) is 0 Å². The summed E-state index contributed by atoms with van der Waals surface area (Å²) in [6.07, 6.45) is 1.93. The molecule has 1 aliphatic heterocycles. The molecule has 0 N–H and O–H groups in total. The number of carbonyl (C=O) groups is 1. The standard InChI is InChI=1S/C11H21NO3/c1-4-5-9(2)12-6-7-15-10(8-12)11(13)14-3/h9-10H,4-8H2,1-3H3. The molecule has 1 aliphatic rings. The first-order chi connectivity index (χ1) is 7.19. The molecule has 4 heteroatoms. The SMILES string of the molecule is CCCC(C)N1CCOC(C(=O)OC)C1. The Morgan fingerprint density at radius 3 is 3.00 bits per heavy atom. The molecule has 1 saturated heterocycles. The van der Waals surface area contributed by atoms with Gasteiger partial charge in [0.15, 0.2) is 6.10 Å². The molecule has 0 bridgehead atoms. The number of morpholine rings is 1. The zero-order valence-electron chi connectivity index (χ0n) is 9.86. The van der Waals surface area contributed by atoms with Gasteiger partial charge in [-0.15, -0.1) is 0 Å². The monoisotopic (exact) mass is 215 g/mol. The minimum Gasteiger partial charge on any atom is -0.467 e. The van der Waals surface area contributed by atoms with Crippen LogP contribution < -0.4 is 0 Å². The Hall–Kier alpha value is -0.610. The van der Waals surface area contributed by atoms with E-state index in [2.05, 4.69) is 23.5 Å². The maximum absolute atomic E-state index is 11.3. The third-order valence-electron chi connectivity index (χ3n) is 2.89. The van der Waals surface area contributed by atoms with Gasteiger partial charge in [-0.1, -0.05) is 13.3 Å². The lowest BCUT2D eigenvalue weighted by Crippen LogP contribution is -2.49. The first kappa shape index (κ1) is 12.5. The molecule has 0 aliphatic carbocycles. The van der Waals surface area contributed by atoms with Crippen LogP contribution in [0.25, 0.3) is 0 Å². The maximum Gasteiger partial charge on any atom is 0.336 e. The molecular formula is C11H21NO3. The topological polar surface area (TPSA) is 38.8 Å². The predicted molar refractivity (Wildman–Crippen MR) is 57.7 cm³/mol. The van der Waals surface area contributed by atoms with Crippen LogP contribution in [0.3, 0.4) is 0 Å². The van der Waals surface area contributed by atoms with E-state index in [0.29, 0.717) is 19.2 Å². The summed E-state index contributed by atoms with van der Waals surface area (Å²) in [7, 11) is 1.40. The molecule has 2 atom stereocenters. The molecule has 1 fully saturated rings. The zero-order chi connectivity index (χ0) is 11.3. The van der Waals surface area contributed by atoms with E-state index in [1.54, 1.807) is 0 Å². The molecule has 88 valence electrons. The van der Waals surface area contributed by atoms with Crippen molar-refractivity contribution in [2.75, 3.05) is 26.8 Å². The molecule has 0 spiro atoms. The Kier molecular flexibility index (Phi) is 5.05. The summed E-state index contributed by atoms with van der Waals surface area (Å²) in [6.45, 7) is 6.56. The quantitative estimate of drug-likeness (QED) is 0.657. The molecule has 0 amide bonds. The maximum atomic E-state index is 11.3. The average molecular weight is 215 g/mol. The van der Waals surface area contributed by atoms with Crippen LogP contribution in [0.2, 0.25) is 0 Å². The number of nitrogens with zero attached hydrogens (tertiary/aromatic N) is 1. The van der Waals surface area contributed by atoms with Gasteiger partial charge >= 0.3 is 5.97 Å². The van der Waals surface area contributed by atoms with E-state index in [-0.39, 0.29) is 5.97 Å². The van der Waals surface area contributed by atoms with Crippen molar-refractivity contribution in [3.05, 3.63) is 0 Å². The predicted octanol–water partition coefficient (Wildman–Crippen LogP) is 1.05. The molecule has 0 saturated carbocycles. The van der Waals surface area contributed by atoms with Crippen LogP contribution in [0.1, 0.15) is 26.7 Å². The van der Waals surface area contributed by atoms with Crippen molar-refractivity contribution < 1.29 is 14.3 Å². The largest absolute Gasteiger partial charge is 0.467 e. The van der Waals surface area contributed by atoms with Gasteiger partial charge in [-0.3, -0.25) is 4.90 Å². The van der Waals surface area contributed by atoms with Crippen molar-refractivity contribution in [1.82, 2.24) is 4.90 Å². The number of esters is 1. The van der Waals surface area contributed by atoms with Crippen LogP contribution in [-0.2, 0) is 14.3 Å². The molecular weight excluding hydrogens is 194 g/mol. The van der Waals surface area contributed by atoms with Crippen molar-refractivity contribution in [3.63, 3.8) is 0 Å². The molecule has 4 nitrogen and oxygen atoms in total. The lowest BCUT2D eigenvalue weighted by molar-refractivity contribution is -0.160. The van der Waals surface area contributed by atoms with Crippen molar-refractivity contribution in [3.8, 4) is 0 Å². The first-order valence-electron chi connectivity index (χ1n) is 5.62. The van der Waals surface area contributed by atoms with E-state index < -0.39 is 6.10 Å². The number of rotatable bonds is 4. The summed E-state index contributed by atoms with van der Waals surface area (Å²) in [5.74, 6) is -0.261. The summed E-state index contributed by atoms with van der Waals surface area (Å²) in [5, 5.41) is 0. The fourth-order valence-electron chi connectivity index (χ4n) is 1.94. The van der Waals surface area contributed by atoms with Crippen LogP contribution >= 0.6 is 0 Å².